The summed E-state index contributed by atoms with van der Waals surface area (Å²) in [6.07, 6.45) is 1.09. The van der Waals surface area contributed by atoms with Crippen LogP contribution >= 0.6 is 0 Å². The minimum atomic E-state index is -0.816. The number of carbonyl (C=O) groups is 1. The second kappa shape index (κ2) is 4.31. The van der Waals surface area contributed by atoms with E-state index in [2.05, 4.69) is 0 Å². The normalized spacial score (nSPS) is 23.8. The van der Waals surface area contributed by atoms with Gasteiger partial charge in [0.2, 0.25) is 0 Å². The lowest BCUT2D eigenvalue weighted by atomic mass is 10.3. The predicted molar refractivity (Wildman–Crippen MR) is 37.4 cm³/mol. The van der Waals surface area contributed by atoms with E-state index in [4.69, 9.17) is 14.6 Å². The van der Waals surface area contributed by atoms with E-state index in [0.717, 1.165) is 13.0 Å². The summed E-state index contributed by atoms with van der Waals surface area (Å²) < 4.78 is 10.3. The molecule has 0 amide bonds. The zero-order valence-corrected chi connectivity index (χ0v) is 6.28. The fourth-order valence-electron chi connectivity index (χ4n) is 0.957. The lowest BCUT2D eigenvalue weighted by Crippen LogP contribution is -2.14. The topological polar surface area (TPSA) is 55.8 Å². The van der Waals surface area contributed by atoms with Gasteiger partial charge >= 0.3 is 5.97 Å². The monoisotopic (exact) mass is 160 g/mol. The number of carboxylic acids is 1. The Kier molecular flexibility index (Phi) is 3.32. The smallest absolute Gasteiger partial charge is 0.305 e. The molecule has 1 aliphatic heterocycles. The summed E-state index contributed by atoms with van der Waals surface area (Å²) in [4.78, 5) is 10.1. The third-order valence-electron chi connectivity index (χ3n) is 1.56. The minimum Gasteiger partial charge on any atom is -0.481 e. The molecule has 0 radical (unpaired) electrons. The maximum Gasteiger partial charge on any atom is 0.305 e. The fourth-order valence-corrected chi connectivity index (χ4v) is 0.957. The van der Waals surface area contributed by atoms with E-state index in [1.165, 1.54) is 0 Å². The highest BCUT2D eigenvalue weighted by atomic mass is 16.5. The van der Waals surface area contributed by atoms with Gasteiger partial charge in [-0.3, -0.25) is 4.79 Å². The molecule has 1 rings (SSSR count). The molecule has 11 heavy (non-hydrogen) atoms. The van der Waals surface area contributed by atoms with Crippen molar-refractivity contribution in [3.05, 3.63) is 0 Å². The maximum atomic E-state index is 10.1. The van der Waals surface area contributed by atoms with E-state index in [1.807, 2.05) is 0 Å². The quantitative estimate of drug-likeness (QED) is 0.641. The van der Waals surface area contributed by atoms with Crippen molar-refractivity contribution in [3.8, 4) is 0 Å². The van der Waals surface area contributed by atoms with Gasteiger partial charge in [0.25, 0.3) is 0 Å². The van der Waals surface area contributed by atoms with Gasteiger partial charge in [0, 0.05) is 6.61 Å². The number of rotatable bonds is 4. The lowest BCUT2D eigenvalue weighted by molar-refractivity contribution is -0.138. The van der Waals surface area contributed by atoms with Gasteiger partial charge in [0.1, 0.15) is 0 Å². The molecule has 1 aliphatic rings. The molecule has 0 aliphatic carbocycles. The van der Waals surface area contributed by atoms with Crippen molar-refractivity contribution < 1.29 is 19.4 Å². The van der Waals surface area contributed by atoms with Crippen LogP contribution in [0, 0.1) is 0 Å². The summed E-state index contributed by atoms with van der Waals surface area (Å²) in [5, 5.41) is 8.28. The number of carboxylic acid groups (broad SMARTS) is 1. The van der Waals surface area contributed by atoms with Gasteiger partial charge in [-0.15, -0.1) is 0 Å². The van der Waals surface area contributed by atoms with E-state index < -0.39 is 5.97 Å². The summed E-state index contributed by atoms with van der Waals surface area (Å²) in [5.41, 5.74) is 0. The van der Waals surface area contributed by atoms with Crippen molar-refractivity contribution in [2.24, 2.45) is 0 Å². The van der Waals surface area contributed by atoms with Crippen LogP contribution in [0.1, 0.15) is 12.8 Å². The first-order valence-electron chi connectivity index (χ1n) is 3.70. The van der Waals surface area contributed by atoms with Gasteiger partial charge in [-0.1, -0.05) is 0 Å². The van der Waals surface area contributed by atoms with E-state index in [9.17, 15) is 4.79 Å². The standard InChI is InChI=1S/C7H12O4/c8-7(9)2-4-11-6-1-3-10-5-6/h6H,1-5H2,(H,8,9). The summed E-state index contributed by atoms with van der Waals surface area (Å²) in [6, 6.07) is 0. The highest BCUT2D eigenvalue weighted by Gasteiger charge is 2.15. The van der Waals surface area contributed by atoms with Crippen LogP contribution in [-0.4, -0.2) is 37.0 Å². The molecule has 0 aromatic heterocycles. The van der Waals surface area contributed by atoms with E-state index in [-0.39, 0.29) is 12.5 Å². The summed E-state index contributed by atoms with van der Waals surface area (Å²) in [7, 11) is 0. The molecular formula is C7H12O4. The van der Waals surface area contributed by atoms with Crippen molar-refractivity contribution in [1.29, 1.82) is 0 Å². The van der Waals surface area contributed by atoms with Crippen LogP contribution in [0.15, 0.2) is 0 Å². The molecule has 0 spiro atoms. The fraction of sp³-hybridized carbons (Fsp3) is 0.857. The number of hydrogen-bond acceptors (Lipinski definition) is 3. The van der Waals surface area contributed by atoms with Gasteiger partial charge in [0.15, 0.2) is 0 Å². The van der Waals surface area contributed by atoms with Gasteiger partial charge in [-0.25, -0.2) is 0 Å². The molecule has 0 bridgehead atoms. The Morgan fingerprint density at radius 3 is 3.09 bits per heavy atom. The first-order chi connectivity index (χ1) is 5.29. The Hall–Kier alpha value is -0.610. The molecule has 64 valence electrons. The summed E-state index contributed by atoms with van der Waals surface area (Å²) >= 11 is 0. The van der Waals surface area contributed by atoms with Crippen LogP contribution < -0.4 is 0 Å². The molecule has 0 saturated carbocycles. The van der Waals surface area contributed by atoms with E-state index >= 15 is 0 Å². The van der Waals surface area contributed by atoms with Crippen molar-refractivity contribution in [2.45, 2.75) is 18.9 Å². The van der Waals surface area contributed by atoms with Crippen molar-refractivity contribution >= 4 is 5.97 Å². The van der Waals surface area contributed by atoms with E-state index in [1.54, 1.807) is 0 Å². The van der Waals surface area contributed by atoms with Gasteiger partial charge < -0.3 is 14.6 Å². The molecule has 1 N–H and O–H groups in total. The third kappa shape index (κ3) is 3.34. The molecule has 4 nitrogen and oxygen atoms in total. The lowest BCUT2D eigenvalue weighted by Gasteiger charge is -2.07. The molecule has 1 saturated heterocycles. The van der Waals surface area contributed by atoms with Crippen LogP contribution in [0.5, 0.6) is 0 Å². The highest BCUT2D eigenvalue weighted by Crippen LogP contribution is 2.07. The van der Waals surface area contributed by atoms with Crippen molar-refractivity contribution in [1.82, 2.24) is 0 Å². The summed E-state index contributed by atoms with van der Waals surface area (Å²) in [5.74, 6) is -0.816. The Morgan fingerprint density at radius 1 is 1.73 bits per heavy atom. The highest BCUT2D eigenvalue weighted by molar-refractivity contribution is 5.66. The van der Waals surface area contributed by atoms with Gasteiger partial charge in [0.05, 0.1) is 25.7 Å². The molecule has 0 aromatic rings. The first-order valence-corrected chi connectivity index (χ1v) is 3.70. The Labute approximate surface area is 65.1 Å². The molecule has 4 heteroatoms. The number of hydrogen-bond donors (Lipinski definition) is 1. The Bertz CT molecular complexity index is 128. The summed E-state index contributed by atoms with van der Waals surface area (Å²) in [6.45, 7) is 1.64. The zero-order valence-electron chi connectivity index (χ0n) is 6.28. The largest absolute Gasteiger partial charge is 0.481 e. The second-order valence-corrected chi connectivity index (χ2v) is 2.50. The molecule has 0 aromatic carbocycles. The molecule has 1 heterocycles. The Balaban J connectivity index is 1.98. The Morgan fingerprint density at radius 2 is 2.55 bits per heavy atom. The average molecular weight is 160 g/mol. The van der Waals surface area contributed by atoms with Gasteiger partial charge in [-0.05, 0) is 6.42 Å². The van der Waals surface area contributed by atoms with Crippen LogP contribution in [0.3, 0.4) is 0 Å². The molecule has 1 fully saturated rings. The van der Waals surface area contributed by atoms with Crippen LogP contribution in [-0.2, 0) is 14.3 Å². The average Bonchev–Trinajstić information content (AvgIpc) is 2.39. The predicted octanol–water partition coefficient (Wildman–Crippen LogP) is 0.267. The molecule has 1 unspecified atom stereocenters. The molecule has 1 atom stereocenters. The number of ether oxygens (including phenoxy) is 2. The number of aliphatic carboxylic acids is 1. The zero-order chi connectivity index (χ0) is 8.10. The SMILES string of the molecule is O=C(O)CCOC1CCOC1. The third-order valence-corrected chi connectivity index (χ3v) is 1.56. The molecular weight excluding hydrogens is 148 g/mol. The second-order valence-electron chi connectivity index (χ2n) is 2.50. The van der Waals surface area contributed by atoms with E-state index in [0.29, 0.717) is 13.2 Å². The van der Waals surface area contributed by atoms with Gasteiger partial charge in [-0.2, -0.15) is 0 Å². The minimum absolute atomic E-state index is 0.0799. The van der Waals surface area contributed by atoms with Crippen molar-refractivity contribution in [2.75, 3.05) is 19.8 Å². The van der Waals surface area contributed by atoms with Crippen molar-refractivity contribution in [3.63, 3.8) is 0 Å². The van der Waals surface area contributed by atoms with Crippen LogP contribution in [0.25, 0.3) is 0 Å². The maximum absolute atomic E-state index is 10.1. The van der Waals surface area contributed by atoms with Crippen LogP contribution in [0.4, 0.5) is 0 Å². The van der Waals surface area contributed by atoms with Crippen LogP contribution in [0.2, 0.25) is 0 Å². The first kappa shape index (κ1) is 8.49.